The zero-order valence-corrected chi connectivity index (χ0v) is 8.74. The van der Waals surface area contributed by atoms with Gasteiger partial charge in [0.25, 0.3) is 0 Å². The topological polar surface area (TPSA) is 53.1 Å². The molecule has 1 aromatic heterocycles. The van der Waals surface area contributed by atoms with Crippen LogP contribution in [0.3, 0.4) is 0 Å². The molecule has 78 valence electrons. The average Bonchev–Trinajstić information content (AvgIpc) is 2.59. The number of rotatable bonds is 2. The SMILES string of the molecule is CC(C)c1cc2ccc(C(=O)O)cc2[nH]1. The summed E-state index contributed by atoms with van der Waals surface area (Å²) in [6.07, 6.45) is 0. The number of aromatic amines is 1. The Morgan fingerprint density at radius 2 is 2.07 bits per heavy atom. The molecule has 3 heteroatoms. The van der Waals surface area contributed by atoms with Crippen LogP contribution in [0.25, 0.3) is 10.9 Å². The van der Waals surface area contributed by atoms with Crippen LogP contribution in [0.4, 0.5) is 0 Å². The van der Waals surface area contributed by atoms with Crippen molar-refractivity contribution in [2.45, 2.75) is 19.8 Å². The molecule has 0 radical (unpaired) electrons. The molecule has 2 aromatic rings. The number of carboxylic acids is 1. The first-order chi connectivity index (χ1) is 7.08. The summed E-state index contributed by atoms with van der Waals surface area (Å²) in [5.74, 6) is -0.469. The fraction of sp³-hybridized carbons (Fsp3) is 0.250. The zero-order valence-electron chi connectivity index (χ0n) is 8.74. The number of benzene rings is 1. The number of hydrogen-bond acceptors (Lipinski definition) is 1. The molecule has 0 fully saturated rings. The molecule has 0 atom stereocenters. The smallest absolute Gasteiger partial charge is 0.335 e. The molecular weight excluding hydrogens is 190 g/mol. The first kappa shape index (κ1) is 9.77. The van der Waals surface area contributed by atoms with Gasteiger partial charge in [-0.1, -0.05) is 19.9 Å². The van der Waals surface area contributed by atoms with E-state index in [0.717, 1.165) is 16.6 Å². The van der Waals surface area contributed by atoms with Gasteiger partial charge in [0.1, 0.15) is 0 Å². The minimum Gasteiger partial charge on any atom is -0.478 e. The molecule has 3 nitrogen and oxygen atoms in total. The van der Waals surface area contributed by atoms with E-state index in [4.69, 9.17) is 5.11 Å². The molecule has 0 saturated carbocycles. The zero-order chi connectivity index (χ0) is 11.0. The number of carbonyl (C=O) groups is 1. The van der Waals surface area contributed by atoms with Crippen molar-refractivity contribution in [3.05, 3.63) is 35.5 Å². The molecule has 0 aliphatic rings. The summed E-state index contributed by atoms with van der Waals surface area (Å²) < 4.78 is 0. The summed E-state index contributed by atoms with van der Waals surface area (Å²) in [6, 6.07) is 7.19. The van der Waals surface area contributed by atoms with E-state index in [1.807, 2.05) is 6.07 Å². The summed E-state index contributed by atoms with van der Waals surface area (Å²) in [5, 5.41) is 9.91. The van der Waals surface area contributed by atoms with Gasteiger partial charge in [0, 0.05) is 11.2 Å². The third kappa shape index (κ3) is 1.73. The van der Waals surface area contributed by atoms with Crippen LogP contribution in [-0.2, 0) is 0 Å². The molecule has 1 heterocycles. The fourth-order valence-corrected chi connectivity index (χ4v) is 1.59. The molecule has 2 N–H and O–H groups in total. The van der Waals surface area contributed by atoms with E-state index in [1.165, 1.54) is 0 Å². The second-order valence-corrected chi connectivity index (χ2v) is 3.99. The van der Waals surface area contributed by atoms with Gasteiger partial charge in [-0.25, -0.2) is 4.79 Å². The van der Waals surface area contributed by atoms with E-state index in [2.05, 4.69) is 24.9 Å². The lowest BCUT2D eigenvalue weighted by molar-refractivity contribution is 0.0697. The standard InChI is InChI=1S/C12H13NO2/c1-7(2)10-5-8-3-4-9(12(14)15)6-11(8)13-10/h3-7,13H,1-2H3,(H,14,15). The van der Waals surface area contributed by atoms with Crippen molar-refractivity contribution in [1.29, 1.82) is 0 Å². The highest BCUT2D eigenvalue weighted by Gasteiger charge is 2.07. The molecule has 0 spiro atoms. The number of H-pyrrole nitrogens is 1. The molecule has 1 aromatic carbocycles. The lowest BCUT2D eigenvalue weighted by atomic mass is 10.1. The van der Waals surface area contributed by atoms with Gasteiger partial charge in [-0.05, 0) is 29.5 Å². The second-order valence-electron chi connectivity index (χ2n) is 3.99. The molecule has 0 amide bonds. The van der Waals surface area contributed by atoms with Gasteiger partial charge < -0.3 is 10.1 Å². The van der Waals surface area contributed by atoms with Crippen LogP contribution >= 0.6 is 0 Å². The summed E-state index contributed by atoms with van der Waals surface area (Å²) in [6.45, 7) is 4.20. The van der Waals surface area contributed by atoms with Crippen LogP contribution in [0, 0.1) is 0 Å². The van der Waals surface area contributed by atoms with Crippen molar-refractivity contribution in [3.8, 4) is 0 Å². The predicted octanol–water partition coefficient (Wildman–Crippen LogP) is 2.99. The fourth-order valence-electron chi connectivity index (χ4n) is 1.59. The lowest BCUT2D eigenvalue weighted by Crippen LogP contribution is -1.94. The highest BCUT2D eigenvalue weighted by atomic mass is 16.4. The van der Waals surface area contributed by atoms with Crippen LogP contribution in [-0.4, -0.2) is 16.1 Å². The van der Waals surface area contributed by atoms with Gasteiger partial charge in [0.2, 0.25) is 0 Å². The van der Waals surface area contributed by atoms with Gasteiger partial charge in [-0.2, -0.15) is 0 Å². The number of aromatic carboxylic acids is 1. The van der Waals surface area contributed by atoms with Crippen molar-refractivity contribution in [2.24, 2.45) is 0 Å². The van der Waals surface area contributed by atoms with E-state index in [9.17, 15) is 4.79 Å². The normalized spacial score (nSPS) is 11.1. The van der Waals surface area contributed by atoms with Crippen molar-refractivity contribution >= 4 is 16.9 Å². The predicted molar refractivity (Wildman–Crippen MR) is 59.3 cm³/mol. The van der Waals surface area contributed by atoms with Crippen LogP contribution in [0.2, 0.25) is 0 Å². The summed E-state index contributed by atoms with van der Waals surface area (Å²) >= 11 is 0. The average molecular weight is 203 g/mol. The van der Waals surface area contributed by atoms with Crippen LogP contribution in [0.5, 0.6) is 0 Å². The van der Waals surface area contributed by atoms with Crippen molar-refractivity contribution < 1.29 is 9.90 Å². The van der Waals surface area contributed by atoms with Gasteiger partial charge >= 0.3 is 5.97 Å². The van der Waals surface area contributed by atoms with Crippen LogP contribution < -0.4 is 0 Å². The van der Waals surface area contributed by atoms with E-state index in [-0.39, 0.29) is 0 Å². The molecule has 0 aliphatic carbocycles. The summed E-state index contributed by atoms with van der Waals surface area (Å²) in [7, 11) is 0. The quantitative estimate of drug-likeness (QED) is 0.788. The maximum atomic E-state index is 10.8. The Morgan fingerprint density at radius 1 is 1.33 bits per heavy atom. The minimum absolute atomic E-state index is 0.319. The number of aromatic nitrogens is 1. The third-order valence-electron chi connectivity index (χ3n) is 2.51. The van der Waals surface area contributed by atoms with Gasteiger partial charge in [-0.3, -0.25) is 0 Å². The number of nitrogens with one attached hydrogen (secondary N) is 1. The molecule has 15 heavy (non-hydrogen) atoms. The summed E-state index contributed by atoms with van der Waals surface area (Å²) in [5.41, 5.74) is 2.34. The monoisotopic (exact) mass is 203 g/mol. The van der Waals surface area contributed by atoms with Gasteiger partial charge in [-0.15, -0.1) is 0 Å². The van der Waals surface area contributed by atoms with Crippen LogP contribution in [0.1, 0.15) is 35.8 Å². The van der Waals surface area contributed by atoms with E-state index in [0.29, 0.717) is 11.5 Å². The Balaban J connectivity index is 2.57. The first-order valence-electron chi connectivity index (χ1n) is 4.94. The maximum Gasteiger partial charge on any atom is 0.335 e. The number of hydrogen-bond donors (Lipinski definition) is 2. The largest absolute Gasteiger partial charge is 0.478 e. The molecule has 0 saturated heterocycles. The summed E-state index contributed by atoms with van der Waals surface area (Å²) in [4.78, 5) is 14.0. The van der Waals surface area contributed by atoms with Crippen molar-refractivity contribution in [1.82, 2.24) is 4.98 Å². The first-order valence-corrected chi connectivity index (χ1v) is 4.94. The minimum atomic E-state index is -0.891. The molecule has 0 aliphatic heterocycles. The third-order valence-corrected chi connectivity index (χ3v) is 2.51. The second kappa shape index (κ2) is 3.42. The Kier molecular flexibility index (Phi) is 2.23. The van der Waals surface area contributed by atoms with Crippen molar-refractivity contribution in [3.63, 3.8) is 0 Å². The highest BCUT2D eigenvalue weighted by Crippen LogP contribution is 2.21. The molecule has 2 rings (SSSR count). The Labute approximate surface area is 87.7 Å². The van der Waals surface area contributed by atoms with Crippen LogP contribution in [0.15, 0.2) is 24.3 Å². The Bertz CT molecular complexity index is 511. The molecular formula is C12H13NO2. The Morgan fingerprint density at radius 3 is 2.67 bits per heavy atom. The van der Waals surface area contributed by atoms with Gasteiger partial charge in [0.05, 0.1) is 5.56 Å². The number of carboxylic acid groups (broad SMARTS) is 1. The van der Waals surface area contributed by atoms with E-state index in [1.54, 1.807) is 12.1 Å². The lowest BCUT2D eigenvalue weighted by Gasteiger charge is -1.98. The van der Waals surface area contributed by atoms with E-state index < -0.39 is 5.97 Å². The van der Waals surface area contributed by atoms with E-state index >= 15 is 0 Å². The molecule has 0 unspecified atom stereocenters. The number of fused-ring (bicyclic) bond motifs is 1. The van der Waals surface area contributed by atoms with Gasteiger partial charge in [0.15, 0.2) is 0 Å². The molecule has 0 bridgehead atoms. The maximum absolute atomic E-state index is 10.8. The van der Waals surface area contributed by atoms with Crippen molar-refractivity contribution in [2.75, 3.05) is 0 Å². The Hall–Kier alpha value is -1.77. The highest BCUT2D eigenvalue weighted by molar-refractivity contribution is 5.93.